The lowest BCUT2D eigenvalue weighted by molar-refractivity contribution is 0.122. The Morgan fingerprint density at radius 1 is 1.27 bits per heavy atom. The average Bonchev–Trinajstić information content (AvgIpc) is 2.30. The lowest BCUT2D eigenvalue weighted by Gasteiger charge is -2.14. The first kappa shape index (κ1) is 12.7. The van der Waals surface area contributed by atoms with Crippen molar-refractivity contribution in [1.29, 1.82) is 0 Å². The van der Waals surface area contributed by atoms with Crippen molar-refractivity contribution in [3.8, 4) is 0 Å². The van der Waals surface area contributed by atoms with Crippen LogP contribution in [0.1, 0.15) is 31.2 Å². The van der Waals surface area contributed by atoms with E-state index in [9.17, 15) is 0 Å². The Morgan fingerprint density at radius 2 is 2.00 bits per heavy atom. The van der Waals surface area contributed by atoms with Gasteiger partial charge in [0.15, 0.2) is 0 Å². The maximum atomic E-state index is 5.65. The van der Waals surface area contributed by atoms with Gasteiger partial charge in [-0.15, -0.1) is 0 Å². The van der Waals surface area contributed by atoms with E-state index in [4.69, 9.17) is 4.74 Å². The quantitative estimate of drug-likeness (QED) is 0.538. The number of ether oxygens (including phenoxy) is 1. The molecule has 0 radical (unpaired) electrons. The number of hydrogen-bond donors (Lipinski definition) is 0. The lowest BCUT2D eigenvalue weighted by atomic mass is 10.0. The average molecular weight is 271 g/mol. The molecule has 1 aromatic rings. The first-order valence-electron chi connectivity index (χ1n) is 5.57. The van der Waals surface area contributed by atoms with E-state index in [1.807, 2.05) is 6.07 Å². The molecule has 0 heterocycles. The number of unbranched alkanes of at least 4 members (excludes halogenated alkanes) is 1. The summed E-state index contributed by atoms with van der Waals surface area (Å²) in [6, 6.07) is 10.5. The molecule has 1 rings (SSSR count). The van der Waals surface area contributed by atoms with E-state index in [-0.39, 0.29) is 0 Å². The summed E-state index contributed by atoms with van der Waals surface area (Å²) < 4.78 is 5.65. The zero-order valence-electron chi connectivity index (χ0n) is 9.29. The third kappa shape index (κ3) is 4.80. The third-order valence-corrected chi connectivity index (χ3v) is 3.20. The van der Waals surface area contributed by atoms with Crippen LogP contribution < -0.4 is 0 Å². The molecule has 0 aromatic heterocycles. The molecule has 0 bridgehead atoms. The molecule has 84 valence electrons. The molecule has 0 spiro atoms. The van der Waals surface area contributed by atoms with Gasteiger partial charge in [0.25, 0.3) is 0 Å². The van der Waals surface area contributed by atoms with Crippen LogP contribution in [0.2, 0.25) is 0 Å². The van der Waals surface area contributed by atoms with E-state index < -0.39 is 0 Å². The number of halogens is 1. The van der Waals surface area contributed by atoms with Gasteiger partial charge in [0.05, 0.1) is 6.61 Å². The third-order valence-electron chi connectivity index (χ3n) is 2.42. The van der Waals surface area contributed by atoms with E-state index in [1.165, 1.54) is 12.0 Å². The van der Waals surface area contributed by atoms with E-state index in [0.717, 1.165) is 25.0 Å². The topological polar surface area (TPSA) is 9.23 Å². The smallest absolute Gasteiger partial charge is 0.0542 e. The van der Waals surface area contributed by atoms with Crippen molar-refractivity contribution in [1.82, 2.24) is 0 Å². The van der Waals surface area contributed by atoms with E-state index in [1.54, 1.807) is 0 Å². The van der Waals surface area contributed by atoms with Crippen molar-refractivity contribution in [2.75, 3.05) is 18.5 Å². The minimum atomic E-state index is 0.475. The van der Waals surface area contributed by atoms with Gasteiger partial charge in [0.1, 0.15) is 0 Å². The second kappa shape index (κ2) is 7.89. The van der Waals surface area contributed by atoms with Crippen molar-refractivity contribution in [2.24, 2.45) is 0 Å². The second-order valence-corrected chi connectivity index (χ2v) is 4.34. The second-order valence-electron chi connectivity index (χ2n) is 3.69. The SMILES string of the molecule is CCCCOCC(CBr)c1ccccc1. The molecule has 2 heteroatoms. The molecule has 1 atom stereocenters. The first-order valence-corrected chi connectivity index (χ1v) is 6.69. The summed E-state index contributed by atoms with van der Waals surface area (Å²) in [5, 5.41) is 0.961. The molecule has 0 aliphatic carbocycles. The molecule has 0 N–H and O–H groups in total. The maximum Gasteiger partial charge on any atom is 0.0542 e. The standard InChI is InChI=1S/C13H19BrO/c1-2-3-9-15-11-13(10-14)12-7-5-4-6-8-12/h4-8,13H,2-3,9-11H2,1H3. The highest BCUT2D eigenvalue weighted by atomic mass is 79.9. The fourth-order valence-corrected chi connectivity index (χ4v) is 1.99. The summed E-state index contributed by atoms with van der Waals surface area (Å²) in [6.07, 6.45) is 2.36. The molecule has 0 aliphatic rings. The van der Waals surface area contributed by atoms with Crippen LogP contribution in [-0.2, 0) is 4.74 Å². The van der Waals surface area contributed by atoms with Crippen molar-refractivity contribution < 1.29 is 4.74 Å². The zero-order valence-corrected chi connectivity index (χ0v) is 10.9. The van der Waals surface area contributed by atoms with Crippen LogP contribution in [0.25, 0.3) is 0 Å². The van der Waals surface area contributed by atoms with Crippen LogP contribution in [0.15, 0.2) is 30.3 Å². The van der Waals surface area contributed by atoms with E-state index >= 15 is 0 Å². The fraction of sp³-hybridized carbons (Fsp3) is 0.538. The number of alkyl halides is 1. The monoisotopic (exact) mass is 270 g/mol. The van der Waals surface area contributed by atoms with Crippen molar-refractivity contribution >= 4 is 15.9 Å². The zero-order chi connectivity index (χ0) is 10.9. The predicted molar refractivity (Wildman–Crippen MR) is 68.7 cm³/mol. The van der Waals surface area contributed by atoms with Crippen LogP contribution in [0.4, 0.5) is 0 Å². The van der Waals surface area contributed by atoms with Gasteiger partial charge >= 0.3 is 0 Å². The Morgan fingerprint density at radius 3 is 2.60 bits per heavy atom. The van der Waals surface area contributed by atoms with Crippen molar-refractivity contribution in [3.05, 3.63) is 35.9 Å². The molecule has 1 nitrogen and oxygen atoms in total. The van der Waals surface area contributed by atoms with Crippen molar-refractivity contribution in [2.45, 2.75) is 25.7 Å². The van der Waals surface area contributed by atoms with Crippen LogP contribution in [0, 0.1) is 0 Å². The summed E-state index contributed by atoms with van der Waals surface area (Å²) >= 11 is 3.54. The summed E-state index contributed by atoms with van der Waals surface area (Å²) in [5.41, 5.74) is 1.35. The van der Waals surface area contributed by atoms with Gasteiger partial charge in [0, 0.05) is 17.9 Å². The Hall–Kier alpha value is -0.340. The number of hydrogen-bond acceptors (Lipinski definition) is 1. The highest BCUT2D eigenvalue weighted by Gasteiger charge is 2.09. The number of rotatable bonds is 7. The van der Waals surface area contributed by atoms with Crippen molar-refractivity contribution in [3.63, 3.8) is 0 Å². The van der Waals surface area contributed by atoms with Gasteiger partial charge in [-0.1, -0.05) is 59.6 Å². The molecule has 0 amide bonds. The van der Waals surface area contributed by atoms with Crippen LogP contribution in [0.5, 0.6) is 0 Å². The molecule has 0 fully saturated rings. The van der Waals surface area contributed by atoms with Gasteiger partial charge in [-0.25, -0.2) is 0 Å². The summed E-state index contributed by atoms with van der Waals surface area (Å²) in [7, 11) is 0. The van der Waals surface area contributed by atoms with Gasteiger partial charge in [-0.05, 0) is 12.0 Å². The molecule has 0 saturated carbocycles. The molecule has 0 saturated heterocycles. The van der Waals surface area contributed by atoms with Crippen LogP contribution in [0.3, 0.4) is 0 Å². The minimum absolute atomic E-state index is 0.475. The molecular weight excluding hydrogens is 252 g/mol. The highest BCUT2D eigenvalue weighted by Crippen LogP contribution is 2.18. The molecule has 1 unspecified atom stereocenters. The molecule has 0 aliphatic heterocycles. The Kier molecular flexibility index (Phi) is 6.69. The normalized spacial score (nSPS) is 12.7. The van der Waals surface area contributed by atoms with Crippen LogP contribution in [-0.4, -0.2) is 18.5 Å². The van der Waals surface area contributed by atoms with Crippen LogP contribution >= 0.6 is 15.9 Å². The summed E-state index contributed by atoms with van der Waals surface area (Å²) in [5.74, 6) is 0.475. The highest BCUT2D eigenvalue weighted by molar-refractivity contribution is 9.09. The Bertz CT molecular complexity index is 248. The minimum Gasteiger partial charge on any atom is -0.381 e. The molecule has 15 heavy (non-hydrogen) atoms. The largest absolute Gasteiger partial charge is 0.381 e. The predicted octanol–water partition coefficient (Wildman–Crippen LogP) is 3.98. The lowest BCUT2D eigenvalue weighted by Crippen LogP contribution is -2.10. The van der Waals surface area contributed by atoms with Gasteiger partial charge in [-0.3, -0.25) is 0 Å². The number of benzene rings is 1. The molecule has 1 aromatic carbocycles. The maximum absolute atomic E-state index is 5.65. The summed E-state index contributed by atoms with van der Waals surface area (Å²) in [6.45, 7) is 3.88. The molecular formula is C13H19BrO. The van der Waals surface area contributed by atoms with Gasteiger partial charge in [-0.2, -0.15) is 0 Å². The van der Waals surface area contributed by atoms with E-state index in [0.29, 0.717) is 5.92 Å². The Labute approximate surface area is 101 Å². The van der Waals surface area contributed by atoms with E-state index in [2.05, 4.69) is 47.1 Å². The Balaban J connectivity index is 2.36. The summed E-state index contributed by atoms with van der Waals surface area (Å²) in [4.78, 5) is 0. The fourth-order valence-electron chi connectivity index (χ4n) is 1.43. The van der Waals surface area contributed by atoms with Gasteiger partial charge in [0.2, 0.25) is 0 Å². The first-order chi connectivity index (χ1) is 7.38. The van der Waals surface area contributed by atoms with Gasteiger partial charge < -0.3 is 4.74 Å².